The molecule has 0 atom stereocenters. The predicted molar refractivity (Wildman–Crippen MR) is 117 cm³/mol. The molecule has 1 aliphatic rings. The van der Waals surface area contributed by atoms with Crippen molar-refractivity contribution in [3.63, 3.8) is 0 Å². The van der Waals surface area contributed by atoms with Crippen LogP contribution in [0.3, 0.4) is 0 Å². The summed E-state index contributed by atoms with van der Waals surface area (Å²) < 4.78 is 4.94. The van der Waals surface area contributed by atoms with E-state index < -0.39 is 0 Å². The minimum absolute atomic E-state index is 0. The second-order valence-electron chi connectivity index (χ2n) is 5.91. The third-order valence-electron chi connectivity index (χ3n) is 3.75. The van der Waals surface area contributed by atoms with Gasteiger partial charge in [-0.05, 0) is 17.7 Å². The number of likely N-dealkylation sites (N-methyl/N-ethyl adjacent to an activating group) is 1. The number of rotatable bonds is 7. The average Bonchev–Trinajstić information content (AvgIpc) is 3.07. The van der Waals surface area contributed by atoms with Crippen molar-refractivity contribution in [2.75, 3.05) is 45.2 Å². The fourth-order valence-electron chi connectivity index (χ4n) is 2.24. The number of hydrogen-bond donors (Lipinski definition) is 2. The molecule has 2 rings (SSSR count). The highest BCUT2D eigenvalue weighted by molar-refractivity contribution is 14.0. The summed E-state index contributed by atoms with van der Waals surface area (Å²) in [5.74, 6) is 0.493. The number of amides is 2. The Morgan fingerprint density at radius 2 is 2.04 bits per heavy atom. The van der Waals surface area contributed by atoms with Gasteiger partial charge in [-0.15, -0.1) is 30.6 Å². The van der Waals surface area contributed by atoms with Gasteiger partial charge in [-0.1, -0.05) is 18.2 Å². The van der Waals surface area contributed by atoms with Crippen LogP contribution in [0.1, 0.15) is 5.56 Å². The molecular weight excluding hydrogens is 461 g/mol. The van der Waals surface area contributed by atoms with E-state index in [0.717, 1.165) is 11.3 Å². The van der Waals surface area contributed by atoms with Crippen molar-refractivity contribution in [3.8, 4) is 0 Å². The van der Waals surface area contributed by atoms with E-state index in [4.69, 9.17) is 4.74 Å². The lowest BCUT2D eigenvalue weighted by molar-refractivity contribution is -0.127. The average molecular weight is 487 g/mol. The Kier molecular flexibility index (Phi) is 9.62. The highest BCUT2D eigenvalue weighted by Gasteiger charge is 2.23. The largest absolute Gasteiger partial charge is 0.447 e. The van der Waals surface area contributed by atoms with Crippen LogP contribution in [0.5, 0.6) is 0 Å². The first-order valence-corrected chi connectivity index (χ1v) is 8.37. The maximum absolute atomic E-state index is 11.7. The number of aliphatic imine (C=N–C) groups is 1. The number of benzene rings is 1. The van der Waals surface area contributed by atoms with Crippen LogP contribution in [0.2, 0.25) is 0 Å². The fraction of sp³-hybridized carbons (Fsp3) is 0.389. The highest BCUT2D eigenvalue weighted by Crippen LogP contribution is 2.19. The summed E-state index contributed by atoms with van der Waals surface area (Å²) in [5, 5.41) is 6.07. The molecule has 9 heteroatoms. The van der Waals surface area contributed by atoms with Crippen molar-refractivity contribution in [2.24, 2.45) is 4.99 Å². The van der Waals surface area contributed by atoms with Crippen molar-refractivity contribution in [1.82, 2.24) is 15.5 Å². The predicted octanol–water partition coefficient (Wildman–Crippen LogP) is 1.57. The number of carbonyl (C=O) groups excluding carboxylic acids is 2. The molecule has 0 aliphatic carbocycles. The number of nitrogens with one attached hydrogen (secondary N) is 2. The molecule has 1 saturated heterocycles. The van der Waals surface area contributed by atoms with Crippen LogP contribution in [0.25, 0.3) is 0 Å². The van der Waals surface area contributed by atoms with Crippen molar-refractivity contribution in [1.29, 1.82) is 0 Å². The van der Waals surface area contributed by atoms with Crippen molar-refractivity contribution < 1.29 is 14.3 Å². The van der Waals surface area contributed by atoms with Gasteiger partial charge in [-0.2, -0.15) is 0 Å². The molecule has 148 valence electrons. The molecule has 27 heavy (non-hydrogen) atoms. The molecule has 0 bridgehead atoms. The Morgan fingerprint density at radius 1 is 1.33 bits per heavy atom. The fourth-order valence-corrected chi connectivity index (χ4v) is 2.24. The highest BCUT2D eigenvalue weighted by atomic mass is 127. The molecule has 2 amide bonds. The molecule has 1 aliphatic heterocycles. The first kappa shape index (κ1) is 22.7. The third kappa shape index (κ3) is 7.08. The summed E-state index contributed by atoms with van der Waals surface area (Å²) in [4.78, 5) is 30.9. The first-order chi connectivity index (χ1) is 12.5. The molecule has 1 aromatic rings. The Labute approximate surface area is 176 Å². The number of ether oxygens (including phenoxy) is 1. The molecule has 0 saturated carbocycles. The second kappa shape index (κ2) is 11.4. The number of nitrogens with zero attached hydrogens (tertiary/aromatic N) is 3. The van der Waals surface area contributed by atoms with Gasteiger partial charge in [0.2, 0.25) is 5.91 Å². The molecule has 8 nitrogen and oxygen atoms in total. The normalized spacial score (nSPS) is 13.5. The van der Waals surface area contributed by atoms with E-state index in [-0.39, 0.29) is 42.5 Å². The van der Waals surface area contributed by atoms with Crippen LogP contribution in [-0.2, 0) is 16.1 Å². The van der Waals surface area contributed by atoms with Crippen LogP contribution < -0.4 is 15.5 Å². The maximum Gasteiger partial charge on any atom is 0.414 e. The van der Waals surface area contributed by atoms with Gasteiger partial charge < -0.3 is 20.3 Å². The molecule has 2 N–H and O–H groups in total. The number of hydrogen-bond acceptors (Lipinski definition) is 4. The van der Waals surface area contributed by atoms with Crippen molar-refractivity contribution in [3.05, 3.63) is 42.5 Å². The van der Waals surface area contributed by atoms with E-state index in [1.807, 2.05) is 24.3 Å². The Bertz CT molecular complexity index is 676. The first-order valence-electron chi connectivity index (χ1n) is 8.37. The summed E-state index contributed by atoms with van der Waals surface area (Å²) in [6.45, 7) is 5.78. The molecule has 0 spiro atoms. The minimum atomic E-state index is -0.318. The zero-order valence-electron chi connectivity index (χ0n) is 15.6. The molecule has 0 unspecified atom stereocenters. The van der Waals surface area contributed by atoms with Gasteiger partial charge in [0.1, 0.15) is 6.61 Å². The summed E-state index contributed by atoms with van der Waals surface area (Å²) in [5.41, 5.74) is 1.79. The molecule has 1 heterocycles. The summed E-state index contributed by atoms with van der Waals surface area (Å²) >= 11 is 0. The van der Waals surface area contributed by atoms with E-state index >= 15 is 0 Å². The molecule has 0 aromatic heterocycles. The van der Waals surface area contributed by atoms with Crippen molar-refractivity contribution >= 4 is 47.6 Å². The zero-order valence-corrected chi connectivity index (χ0v) is 17.9. The molecule has 1 fully saturated rings. The number of halogens is 1. The Hall–Kier alpha value is -2.30. The van der Waals surface area contributed by atoms with Gasteiger partial charge in [0, 0.05) is 26.3 Å². The summed E-state index contributed by atoms with van der Waals surface area (Å²) in [6.07, 6.45) is 1.40. The van der Waals surface area contributed by atoms with Gasteiger partial charge in [0.25, 0.3) is 0 Å². The van der Waals surface area contributed by atoms with Gasteiger partial charge in [0.15, 0.2) is 5.96 Å². The van der Waals surface area contributed by atoms with E-state index in [0.29, 0.717) is 32.2 Å². The Morgan fingerprint density at radius 3 is 2.59 bits per heavy atom. The number of carbonyl (C=O) groups is 2. The third-order valence-corrected chi connectivity index (χ3v) is 3.75. The van der Waals surface area contributed by atoms with Gasteiger partial charge in [-0.25, -0.2) is 9.79 Å². The quantitative estimate of drug-likeness (QED) is 0.264. The van der Waals surface area contributed by atoms with E-state index in [2.05, 4.69) is 22.2 Å². The molecule has 0 radical (unpaired) electrons. The Balaban J connectivity index is 0.00000364. The summed E-state index contributed by atoms with van der Waals surface area (Å²) in [6, 6.07) is 7.58. The molecule has 1 aromatic carbocycles. The van der Waals surface area contributed by atoms with Crippen molar-refractivity contribution in [2.45, 2.75) is 6.54 Å². The molecular formula is C18H26IN5O3. The standard InChI is InChI=1S/C18H25N5O3.HI/c1-4-9-19-17(21-13-16(24)22(2)3)20-12-14-5-7-15(8-6-14)23-10-11-26-18(23)25;/h4-8H,1,9-13H2,2-3H3,(H2,19,20,21);1H. The lowest BCUT2D eigenvalue weighted by Crippen LogP contribution is -2.43. The van der Waals surface area contributed by atoms with E-state index in [1.54, 1.807) is 25.1 Å². The number of cyclic esters (lactones) is 1. The number of anilines is 1. The minimum Gasteiger partial charge on any atom is -0.447 e. The lowest BCUT2D eigenvalue weighted by atomic mass is 10.2. The zero-order chi connectivity index (χ0) is 18.9. The van der Waals surface area contributed by atoms with Gasteiger partial charge >= 0.3 is 6.09 Å². The van der Waals surface area contributed by atoms with Crippen LogP contribution in [-0.4, -0.2) is 63.2 Å². The smallest absolute Gasteiger partial charge is 0.414 e. The van der Waals surface area contributed by atoms with E-state index in [9.17, 15) is 9.59 Å². The maximum atomic E-state index is 11.7. The number of guanidine groups is 1. The van der Waals surface area contributed by atoms with Gasteiger partial charge in [0.05, 0.1) is 19.6 Å². The van der Waals surface area contributed by atoms with Crippen LogP contribution in [0, 0.1) is 0 Å². The van der Waals surface area contributed by atoms with Crippen LogP contribution in [0.15, 0.2) is 41.9 Å². The van der Waals surface area contributed by atoms with Crippen LogP contribution in [0.4, 0.5) is 10.5 Å². The lowest BCUT2D eigenvalue weighted by Gasteiger charge is -2.14. The monoisotopic (exact) mass is 487 g/mol. The van der Waals surface area contributed by atoms with E-state index in [1.165, 1.54) is 4.90 Å². The summed E-state index contributed by atoms with van der Waals surface area (Å²) in [7, 11) is 3.41. The SMILES string of the molecule is C=CCNC(=NCc1ccc(N2CCOC2=O)cc1)NCC(=O)N(C)C.I. The second-order valence-corrected chi connectivity index (χ2v) is 5.91. The topological polar surface area (TPSA) is 86.3 Å². The van der Waals surface area contributed by atoms with Gasteiger partial charge in [-0.3, -0.25) is 9.69 Å². The van der Waals surface area contributed by atoms with Crippen LogP contribution >= 0.6 is 24.0 Å².